The molecule has 0 saturated carbocycles. The molecule has 27 heavy (non-hydrogen) atoms. The van der Waals surface area contributed by atoms with Gasteiger partial charge in [-0.05, 0) is 23.8 Å². The third-order valence-electron chi connectivity index (χ3n) is 4.55. The minimum absolute atomic E-state index is 0.0647. The summed E-state index contributed by atoms with van der Waals surface area (Å²) in [6, 6.07) is 19.3. The third kappa shape index (κ3) is 3.13. The van der Waals surface area contributed by atoms with Crippen LogP contribution in [0.4, 0.5) is 0 Å². The first kappa shape index (κ1) is 16.2. The van der Waals surface area contributed by atoms with Crippen molar-refractivity contribution in [3.8, 4) is 23.0 Å². The van der Waals surface area contributed by atoms with Gasteiger partial charge in [0.15, 0.2) is 5.69 Å². The first-order chi connectivity index (χ1) is 13.3. The average molecular weight is 379 g/mol. The smallest absolute Gasteiger partial charge is 0.278 e. The van der Waals surface area contributed by atoms with Crippen LogP contribution in [0.25, 0.3) is 23.0 Å². The molecule has 3 heterocycles. The Kier molecular flexibility index (Phi) is 3.99. The molecule has 0 N–H and O–H groups in total. The Hall–Kier alpha value is -2.96. The number of nitrogens with zero attached hydrogens (tertiary/aromatic N) is 4. The van der Waals surface area contributed by atoms with Crippen LogP contribution in [-0.4, -0.2) is 19.9 Å². The molecule has 1 unspecified atom stereocenters. The van der Waals surface area contributed by atoms with Crippen LogP contribution in [0.15, 0.2) is 65.2 Å². The van der Waals surface area contributed by atoms with E-state index in [2.05, 4.69) is 15.2 Å². The van der Waals surface area contributed by atoms with E-state index in [1.807, 2.05) is 65.3 Å². The minimum atomic E-state index is -0.0647. The average Bonchev–Trinajstić information content (AvgIpc) is 3.36. The Morgan fingerprint density at radius 2 is 1.85 bits per heavy atom. The lowest BCUT2D eigenvalue weighted by molar-refractivity contribution is -0.00112. The van der Waals surface area contributed by atoms with Gasteiger partial charge in [-0.25, -0.2) is 0 Å². The molecule has 0 bridgehead atoms. The lowest BCUT2D eigenvalue weighted by atomic mass is 10.1. The van der Waals surface area contributed by atoms with Gasteiger partial charge in [0.25, 0.3) is 5.89 Å². The Balaban J connectivity index is 1.40. The van der Waals surface area contributed by atoms with Crippen molar-refractivity contribution in [3.63, 3.8) is 0 Å². The number of rotatable bonds is 3. The van der Waals surface area contributed by atoms with E-state index in [-0.39, 0.29) is 6.10 Å². The van der Waals surface area contributed by atoms with Gasteiger partial charge in [-0.3, -0.25) is 4.68 Å². The van der Waals surface area contributed by atoms with Gasteiger partial charge in [-0.2, -0.15) is 10.1 Å². The van der Waals surface area contributed by atoms with Crippen LogP contribution < -0.4 is 0 Å². The highest BCUT2D eigenvalue weighted by molar-refractivity contribution is 6.30. The Morgan fingerprint density at radius 3 is 2.67 bits per heavy atom. The van der Waals surface area contributed by atoms with E-state index in [0.29, 0.717) is 35.6 Å². The van der Waals surface area contributed by atoms with E-state index in [4.69, 9.17) is 20.9 Å². The van der Waals surface area contributed by atoms with Crippen LogP contribution in [0, 0.1) is 0 Å². The van der Waals surface area contributed by atoms with Crippen LogP contribution in [0.3, 0.4) is 0 Å². The monoisotopic (exact) mass is 378 g/mol. The van der Waals surface area contributed by atoms with Crippen LogP contribution in [0.2, 0.25) is 5.02 Å². The molecule has 2 aromatic heterocycles. The van der Waals surface area contributed by atoms with Crippen molar-refractivity contribution in [1.29, 1.82) is 0 Å². The van der Waals surface area contributed by atoms with Crippen LogP contribution in [0.5, 0.6) is 0 Å². The Labute approximate surface area is 160 Å². The predicted octanol–water partition coefficient (Wildman–Crippen LogP) is 4.53. The minimum Gasteiger partial charge on any atom is -0.365 e. The summed E-state index contributed by atoms with van der Waals surface area (Å²) in [5, 5.41) is 9.41. The summed E-state index contributed by atoms with van der Waals surface area (Å²) in [4.78, 5) is 4.47. The second kappa shape index (κ2) is 6.64. The zero-order valence-corrected chi connectivity index (χ0v) is 15.0. The van der Waals surface area contributed by atoms with E-state index in [1.165, 1.54) is 0 Å². The second-order valence-corrected chi connectivity index (χ2v) is 6.78. The van der Waals surface area contributed by atoms with Gasteiger partial charge in [0.1, 0.15) is 6.10 Å². The zero-order valence-electron chi connectivity index (χ0n) is 14.2. The van der Waals surface area contributed by atoms with Gasteiger partial charge in [0, 0.05) is 10.6 Å². The molecule has 2 aromatic carbocycles. The topological polar surface area (TPSA) is 66.0 Å². The second-order valence-electron chi connectivity index (χ2n) is 6.34. The van der Waals surface area contributed by atoms with Gasteiger partial charge in [0.05, 0.1) is 18.8 Å². The number of hydrogen-bond donors (Lipinski definition) is 0. The van der Waals surface area contributed by atoms with Gasteiger partial charge in [-0.1, -0.05) is 59.2 Å². The summed E-state index contributed by atoms with van der Waals surface area (Å²) < 4.78 is 13.3. The molecule has 0 amide bonds. The summed E-state index contributed by atoms with van der Waals surface area (Å²) in [7, 11) is 0. The highest BCUT2D eigenvalue weighted by Gasteiger charge is 2.24. The van der Waals surface area contributed by atoms with Crippen molar-refractivity contribution in [2.24, 2.45) is 0 Å². The van der Waals surface area contributed by atoms with E-state index >= 15 is 0 Å². The fourth-order valence-corrected chi connectivity index (χ4v) is 3.27. The highest BCUT2D eigenvalue weighted by atomic mass is 35.5. The molecule has 1 aliphatic heterocycles. The molecule has 0 saturated heterocycles. The summed E-state index contributed by atoms with van der Waals surface area (Å²) in [5.41, 5.74) is 3.61. The van der Waals surface area contributed by atoms with Crippen molar-refractivity contribution < 1.29 is 9.26 Å². The van der Waals surface area contributed by atoms with E-state index < -0.39 is 0 Å². The van der Waals surface area contributed by atoms with Gasteiger partial charge >= 0.3 is 0 Å². The fourth-order valence-electron chi connectivity index (χ4n) is 3.14. The lowest BCUT2D eigenvalue weighted by Gasteiger charge is -2.24. The number of ether oxygens (including phenoxy) is 1. The summed E-state index contributed by atoms with van der Waals surface area (Å²) in [6.45, 7) is 1.09. The Morgan fingerprint density at radius 1 is 1.04 bits per heavy atom. The maximum atomic E-state index is 5.98. The van der Waals surface area contributed by atoms with Crippen LogP contribution in [-0.2, 0) is 17.9 Å². The molecular formula is C20H15ClN4O2. The number of aromatic nitrogens is 4. The lowest BCUT2D eigenvalue weighted by Crippen LogP contribution is -2.21. The predicted molar refractivity (Wildman–Crippen MR) is 99.9 cm³/mol. The normalized spacial score (nSPS) is 16.3. The number of fused-ring (bicyclic) bond motifs is 1. The van der Waals surface area contributed by atoms with E-state index in [9.17, 15) is 0 Å². The fraction of sp³-hybridized carbons (Fsp3) is 0.150. The number of halogens is 1. The first-order valence-electron chi connectivity index (χ1n) is 8.59. The molecule has 0 aliphatic carbocycles. The van der Waals surface area contributed by atoms with Crippen LogP contribution >= 0.6 is 11.6 Å². The standard InChI is InChI=1S/C20H15ClN4O2/c21-15-8-6-13(7-9-15)18-11-25-16(12-26-18)10-17(23-25)20-22-19(24-27-20)14-4-2-1-3-5-14/h1-10,18H,11-12H2. The van der Waals surface area contributed by atoms with E-state index in [0.717, 1.165) is 16.8 Å². The quantitative estimate of drug-likeness (QED) is 0.524. The van der Waals surface area contributed by atoms with Gasteiger partial charge < -0.3 is 9.26 Å². The molecule has 4 aromatic rings. The molecule has 7 heteroatoms. The van der Waals surface area contributed by atoms with Crippen LogP contribution in [0.1, 0.15) is 17.4 Å². The van der Waals surface area contributed by atoms with Crippen molar-refractivity contribution in [2.45, 2.75) is 19.3 Å². The molecular weight excluding hydrogens is 364 g/mol. The summed E-state index contributed by atoms with van der Waals surface area (Å²) in [5.74, 6) is 0.950. The molecule has 1 aliphatic rings. The third-order valence-corrected chi connectivity index (χ3v) is 4.81. The largest absolute Gasteiger partial charge is 0.365 e. The SMILES string of the molecule is Clc1ccc(C2Cn3nc(-c4nc(-c5ccccc5)no4)cc3CO2)cc1. The number of hydrogen-bond acceptors (Lipinski definition) is 5. The van der Waals surface area contributed by atoms with Crippen molar-refractivity contribution in [1.82, 2.24) is 19.9 Å². The molecule has 6 nitrogen and oxygen atoms in total. The molecule has 5 rings (SSSR count). The van der Waals surface area contributed by atoms with Gasteiger partial charge in [0.2, 0.25) is 5.82 Å². The molecule has 134 valence electrons. The van der Waals surface area contributed by atoms with Crippen molar-refractivity contribution in [2.75, 3.05) is 0 Å². The van der Waals surface area contributed by atoms with E-state index in [1.54, 1.807) is 0 Å². The maximum Gasteiger partial charge on any atom is 0.278 e. The first-order valence-corrected chi connectivity index (χ1v) is 8.97. The Bertz CT molecular complexity index is 1070. The zero-order chi connectivity index (χ0) is 18.2. The molecule has 0 radical (unpaired) electrons. The molecule has 0 spiro atoms. The summed E-state index contributed by atoms with van der Waals surface area (Å²) in [6.07, 6.45) is -0.0647. The van der Waals surface area contributed by atoms with Crippen molar-refractivity contribution in [3.05, 3.63) is 76.9 Å². The van der Waals surface area contributed by atoms with Crippen molar-refractivity contribution >= 4 is 11.6 Å². The summed E-state index contributed by atoms with van der Waals surface area (Å²) >= 11 is 5.97. The highest BCUT2D eigenvalue weighted by Crippen LogP contribution is 2.29. The number of benzene rings is 2. The molecule has 1 atom stereocenters. The molecule has 0 fully saturated rings. The van der Waals surface area contributed by atoms with Gasteiger partial charge in [-0.15, -0.1) is 0 Å². The maximum absolute atomic E-state index is 5.98.